The van der Waals surface area contributed by atoms with Crippen molar-refractivity contribution in [2.45, 2.75) is 128 Å². The number of ether oxygens (including phenoxy) is 6. The predicted molar refractivity (Wildman–Crippen MR) is 174 cm³/mol. The molecular formula is C31H47ClN5O9P. The molecule has 14 nitrogen and oxygen atoms in total. The number of hydrogen-bond donors (Lipinski definition) is 0. The molecule has 0 bridgehead atoms. The van der Waals surface area contributed by atoms with Gasteiger partial charge in [0.25, 0.3) is 0 Å². The maximum absolute atomic E-state index is 13.6. The Morgan fingerprint density at radius 2 is 1.79 bits per heavy atom. The molecule has 2 aromatic heterocycles. The van der Waals surface area contributed by atoms with Crippen molar-refractivity contribution >= 4 is 47.7 Å². The lowest BCUT2D eigenvalue weighted by Crippen LogP contribution is -2.43. The molecule has 1 unspecified atom stereocenters. The Balaban J connectivity index is 1.48. The Morgan fingerprint density at radius 3 is 2.40 bits per heavy atom. The molecule has 0 spiro atoms. The summed E-state index contributed by atoms with van der Waals surface area (Å²) in [5.74, 6) is -1.15. The first-order chi connectivity index (χ1) is 21.8. The fourth-order valence-corrected chi connectivity index (χ4v) is 7.32. The van der Waals surface area contributed by atoms with Crippen LogP contribution in [0.2, 0.25) is 5.28 Å². The number of hydrogen-bond acceptors (Lipinski definition) is 12. The number of rotatable bonds is 10. The van der Waals surface area contributed by atoms with Crippen LogP contribution in [0.3, 0.4) is 0 Å². The Bertz CT molecular complexity index is 1540. The van der Waals surface area contributed by atoms with Gasteiger partial charge in [0, 0.05) is 6.04 Å². The molecule has 16 heteroatoms. The molecule has 1 saturated carbocycles. The van der Waals surface area contributed by atoms with Crippen LogP contribution in [0.15, 0.2) is 6.20 Å². The van der Waals surface area contributed by atoms with E-state index in [9.17, 15) is 14.2 Å². The number of fused-ring (bicyclic) bond motifs is 2. The number of carbonyl (C=O) groups is 2. The molecule has 1 aliphatic carbocycles. The fraction of sp³-hybridized carbons (Fsp3) is 0.774. The summed E-state index contributed by atoms with van der Waals surface area (Å²) >= 11 is 6.52. The first-order valence-corrected chi connectivity index (χ1v) is 19.1. The molecule has 5 rings (SSSR count). The van der Waals surface area contributed by atoms with Crippen LogP contribution in [0.5, 0.6) is 0 Å². The molecule has 3 aliphatic rings. The van der Waals surface area contributed by atoms with Gasteiger partial charge in [-0.1, -0.05) is 12.8 Å². The van der Waals surface area contributed by atoms with E-state index in [0.29, 0.717) is 16.9 Å². The highest BCUT2D eigenvalue weighted by molar-refractivity contribution is 7.63. The van der Waals surface area contributed by atoms with E-state index >= 15 is 0 Å². The molecule has 5 atom stereocenters. The van der Waals surface area contributed by atoms with Gasteiger partial charge in [0.1, 0.15) is 36.4 Å². The van der Waals surface area contributed by atoms with E-state index in [1.165, 1.54) is 0 Å². The SMILES string of the molecule is CCOC(=O)CC(C)(OC[C@H]1O[C@@H](n2ncc3c(N(C(=O)OC(C)(C)C)C4CCCC4)nc(Cl)nc32)[C@@H]2OC(C)(C)O[C@@H]21)P(C)(C)=O. The number of carbonyl (C=O) groups excluding carboxylic acids is 2. The molecule has 0 aromatic carbocycles. The fourth-order valence-electron chi connectivity index (χ4n) is 6.27. The largest absolute Gasteiger partial charge is 0.466 e. The third-order valence-corrected chi connectivity index (χ3v) is 11.5. The van der Waals surface area contributed by atoms with Gasteiger partial charge in [0.05, 0.1) is 31.2 Å². The summed E-state index contributed by atoms with van der Waals surface area (Å²) in [5.41, 5.74) is -0.385. The minimum absolute atomic E-state index is 0.0486. The number of aromatic nitrogens is 4. The molecule has 2 saturated heterocycles. The van der Waals surface area contributed by atoms with Gasteiger partial charge in [-0.2, -0.15) is 15.1 Å². The Labute approximate surface area is 280 Å². The lowest BCUT2D eigenvalue weighted by Gasteiger charge is -2.34. The average molecular weight is 700 g/mol. The number of amides is 1. The molecule has 262 valence electrons. The van der Waals surface area contributed by atoms with E-state index < -0.39 is 60.5 Å². The lowest BCUT2D eigenvalue weighted by molar-refractivity contribution is -0.205. The highest BCUT2D eigenvalue weighted by Crippen LogP contribution is 2.55. The monoisotopic (exact) mass is 699 g/mol. The van der Waals surface area contributed by atoms with Crippen molar-refractivity contribution in [2.75, 3.05) is 31.4 Å². The van der Waals surface area contributed by atoms with Gasteiger partial charge < -0.3 is 33.0 Å². The maximum Gasteiger partial charge on any atom is 0.416 e. The average Bonchev–Trinajstić information content (AvgIpc) is 3.71. The topological polar surface area (TPSA) is 153 Å². The first-order valence-electron chi connectivity index (χ1n) is 16.1. The molecule has 2 aliphatic heterocycles. The Hall–Kier alpha value is -2.35. The third-order valence-electron chi connectivity index (χ3n) is 8.76. The summed E-state index contributed by atoms with van der Waals surface area (Å²) in [6.07, 6.45) is 1.67. The van der Waals surface area contributed by atoms with E-state index in [1.54, 1.807) is 56.8 Å². The van der Waals surface area contributed by atoms with E-state index in [-0.39, 0.29) is 31.0 Å². The summed E-state index contributed by atoms with van der Waals surface area (Å²) in [4.78, 5) is 36.6. The first kappa shape index (κ1) is 35.9. The van der Waals surface area contributed by atoms with Crippen LogP contribution in [-0.4, -0.2) is 99.4 Å². The van der Waals surface area contributed by atoms with Crippen molar-refractivity contribution in [3.8, 4) is 0 Å². The van der Waals surface area contributed by atoms with Gasteiger partial charge in [-0.25, -0.2) is 9.48 Å². The maximum atomic E-state index is 13.6. The van der Waals surface area contributed by atoms with Crippen LogP contribution in [0.25, 0.3) is 11.0 Å². The van der Waals surface area contributed by atoms with Crippen LogP contribution in [-0.2, 0) is 37.8 Å². The Morgan fingerprint density at radius 1 is 1.13 bits per heavy atom. The van der Waals surface area contributed by atoms with E-state index in [2.05, 4.69) is 15.1 Å². The van der Waals surface area contributed by atoms with Crippen molar-refractivity contribution in [2.24, 2.45) is 0 Å². The van der Waals surface area contributed by atoms with Gasteiger partial charge in [-0.05, 0) is 86.2 Å². The predicted octanol–water partition coefficient (Wildman–Crippen LogP) is 5.89. The van der Waals surface area contributed by atoms with Crippen molar-refractivity contribution in [1.29, 1.82) is 0 Å². The van der Waals surface area contributed by atoms with Crippen molar-refractivity contribution in [3.05, 3.63) is 11.5 Å². The smallest absolute Gasteiger partial charge is 0.416 e. The van der Waals surface area contributed by atoms with Crippen LogP contribution in [0, 0.1) is 0 Å². The third kappa shape index (κ3) is 7.63. The molecule has 2 aromatic rings. The molecule has 47 heavy (non-hydrogen) atoms. The molecule has 4 heterocycles. The highest BCUT2D eigenvalue weighted by Gasteiger charge is 2.57. The summed E-state index contributed by atoms with van der Waals surface area (Å²) in [6, 6.07) is -0.125. The second-order valence-electron chi connectivity index (χ2n) is 14.4. The zero-order valence-electron chi connectivity index (χ0n) is 28.6. The van der Waals surface area contributed by atoms with Crippen LogP contribution < -0.4 is 4.90 Å². The lowest BCUT2D eigenvalue weighted by atomic mass is 10.1. The van der Waals surface area contributed by atoms with Crippen LogP contribution in [0.1, 0.15) is 86.8 Å². The van der Waals surface area contributed by atoms with Crippen molar-refractivity contribution < 1.29 is 42.6 Å². The minimum Gasteiger partial charge on any atom is -0.466 e. The standard InChI is InChI=1S/C31H47ClN5O9P/c1-10-41-21(38)15-31(7,47(8,9)40)42-17-20-22-23(45-30(5,6)44-22)26(43-20)37-25-19(16-33-37)24(34-27(32)35-25)36(18-13-11-12-14-18)28(39)46-29(2,3)4/h16,18,20,22-23,26H,10-15,17H2,1-9H3/t20-,22-,23-,26-,31?/m1/s1. The highest BCUT2D eigenvalue weighted by atomic mass is 35.5. The molecule has 0 radical (unpaired) electrons. The molecule has 0 N–H and O–H groups in total. The Kier molecular flexibility index (Phi) is 10.1. The van der Waals surface area contributed by atoms with E-state index in [1.807, 2.05) is 20.8 Å². The second kappa shape index (κ2) is 13.2. The van der Waals surface area contributed by atoms with Crippen molar-refractivity contribution in [1.82, 2.24) is 19.7 Å². The van der Waals surface area contributed by atoms with E-state index in [0.717, 1.165) is 25.7 Å². The van der Waals surface area contributed by atoms with Gasteiger partial charge in [0.2, 0.25) is 5.28 Å². The van der Waals surface area contributed by atoms with Gasteiger partial charge in [-0.3, -0.25) is 9.69 Å². The molecule has 1 amide bonds. The zero-order valence-corrected chi connectivity index (χ0v) is 30.3. The number of anilines is 1. The number of halogens is 1. The van der Waals surface area contributed by atoms with Crippen LogP contribution in [0.4, 0.5) is 10.6 Å². The van der Waals surface area contributed by atoms with E-state index in [4.69, 9.17) is 40.0 Å². The zero-order chi connectivity index (χ0) is 34.5. The summed E-state index contributed by atoms with van der Waals surface area (Å²) in [5, 5.41) is 3.76. The van der Waals surface area contributed by atoms with Gasteiger partial charge >= 0.3 is 12.1 Å². The van der Waals surface area contributed by atoms with Crippen LogP contribution >= 0.6 is 18.7 Å². The summed E-state index contributed by atoms with van der Waals surface area (Å²) in [7, 11) is -2.97. The normalized spacial score (nSPS) is 25.9. The summed E-state index contributed by atoms with van der Waals surface area (Å²) < 4.78 is 51.2. The molecular weight excluding hydrogens is 653 g/mol. The molecule has 3 fully saturated rings. The quantitative estimate of drug-likeness (QED) is 0.165. The van der Waals surface area contributed by atoms with Gasteiger partial charge in [0.15, 0.2) is 23.5 Å². The van der Waals surface area contributed by atoms with Crippen molar-refractivity contribution in [3.63, 3.8) is 0 Å². The minimum atomic E-state index is -2.97. The number of nitrogens with zero attached hydrogens (tertiary/aromatic N) is 5. The second-order valence-corrected chi connectivity index (χ2v) is 18.4. The van der Waals surface area contributed by atoms with Gasteiger partial charge in [-0.15, -0.1) is 0 Å². The number of esters is 1. The summed E-state index contributed by atoms with van der Waals surface area (Å²) in [6.45, 7) is 15.7.